The van der Waals surface area contributed by atoms with Crippen molar-refractivity contribution in [3.63, 3.8) is 0 Å². The average molecular weight is 258 g/mol. The van der Waals surface area contributed by atoms with Crippen molar-refractivity contribution in [2.75, 3.05) is 20.3 Å². The Balaban J connectivity index is 3.11. The largest absolute Gasteiger partial charge is 0.469 e. The molecule has 4 heteroatoms. The van der Waals surface area contributed by atoms with E-state index < -0.39 is 0 Å². The van der Waals surface area contributed by atoms with Gasteiger partial charge >= 0.3 is 5.97 Å². The fourth-order valence-corrected chi connectivity index (χ4v) is 1.46. The highest BCUT2D eigenvalue weighted by atomic mass is 16.5. The van der Waals surface area contributed by atoms with Crippen LogP contribution < -0.4 is 0 Å². The standard InChI is InChI=1S/C15H14O4/c1-19-15(18)11-14-9-12(4-2-6-16)8-13(10-14)5-3-7-17/h8-10,16-17H,6-7,11H2,1H3. The average Bonchev–Trinajstić information content (AvgIpc) is 2.42. The van der Waals surface area contributed by atoms with E-state index >= 15 is 0 Å². The van der Waals surface area contributed by atoms with Crippen molar-refractivity contribution in [2.24, 2.45) is 0 Å². The van der Waals surface area contributed by atoms with Gasteiger partial charge in [0, 0.05) is 11.1 Å². The van der Waals surface area contributed by atoms with E-state index in [0.29, 0.717) is 11.1 Å². The monoisotopic (exact) mass is 258 g/mol. The summed E-state index contributed by atoms with van der Waals surface area (Å²) in [5.41, 5.74) is 2.02. The smallest absolute Gasteiger partial charge is 0.309 e. The molecular formula is C15H14O4. The molecule has 4 nitrogen and oxygen atoms in total. The Morgan fingerprint density at radius 2 is 1.63 bits per heavy atom. The van der Waals surface area contributed by atoms with E-state index in [-0.39, 0.29) is 25.6 Å². The first-order valence-corrected chi connectivity index (χ1v) is 5.60. The topological polar surface area (TPSA) is 66.8 Å². The van der Waals surface area contributed by atoms with Gasteiger partial charge in [0.2, 0.25) is 0 Å². The summed E-state index contributed by atoms with van der Waals surface area (Å²) in [5, 5.41) is 17.4. The number of hydrogen-bond acceptors (Lipinski definition) is 4. The molecular weight excluding hydrogens is 244 g/mol. The Bertz CT molecular complexity index is 527. The molecule has 0 amide bonds. The van der Waals surface area contributed by atoms with Crippen LogP contribution in [0.15, 0.2) is 18.2 Å². The fourth-order valence-electron chi connectivity index (χ4n) is 1.46. The SMILES string of the molecule is COC(=O)Cc1cc(C#CCO)cc(C#CCO)c1. The normalized spacial score (nSPS) is 8.79. The zero-order valence-electron chi connectivity index (χ0n) is 10.6. The van der Waals surface area contributed by atoms with Crippen molar-refractivity contribution in [1.82, 2.24) is 0 Å². The van der Waals surface area contributed by atoms with Gasteiger partial charge in [-0.15, -0.1) is 0 Å². The van der Waals surface area contributed by atoms with Gasteiger partial charge in [-0.25, -0.2) is 0 Å². The molecule has 0 saturated heterocycles. The predicted molar refractivity (Wildman–Crippen MR) is 70.1 cm³/mol. The number of esters is 1. The van der Waals surface area contributed by atoms with Crippen molar-refractivity contribution < 1.29 is 19.7 Å². The Hall–Kier alpha value is -2.27. The maximum Gasteiger partial charge on any atom is 0.309 e. The van der Waals surface area contributed by atoms with Crippen molar-refractivity contribution in [2.45, 2.75) is 6.42 Å². The highest BCUT2D eigenvalue weighted by Crippen LogP contribution is 2.10. The van der Waals surface area contributed by atoms with Gasteiger partial charge in [0.25, 0.3) is 0 Å². The summed E-state index contributed by atoms with van der Waals surface area (Å²) in [4.78, 5) is 11.3. The number of carbonyl (C=O) groups is 1. The summed E-state index contributed by atoms with van der Waals surface area (Å²) in [7, 11) is 1.32. The lowest BCUT2D eigenvalue weighted by Gasteiger charge is -2.02. The van der Waals surface area contributed by atoms with Gasteiger partial charge in [0.1, 0.15) is 13.2 Å². The van der Waals surface area contributed by atoms with E-state index in [0.717, 1.165) is 5.56 Å². The fraction of sp³-hybridized carbons (Fsp3) is 0.267. The molecule has 98 valence electrons. The number of rotatable bonds is 2. The zero-order valence-corrected chi connectivity index (χ0v) is 10.6. The summed E-state index contributed by atoms with van der Waals surface area (Å²) < 4.78 is 4.61. The maximum atomic E-state index is 11.3. The van der Waals surface area contributed by atoms with E-state index in [2.05, 4.69) is 28.4 Å². The summed E-state index contributed by atoms with van der Waals surface area (Å²) in [6.07, 6.45) is 0.124. The summed E-state index contributed by atoms with van der Waals surface area (Å²) in [6.45, 7) is -0.474. The first-order valence-electron chi connectivity index (χ1n) is 5.60. The molecule has 0 radical (unpaired) electrons. The molecule has 0 aromatic heterocycles. The third-order valence-electron chi connectivity index (χ3n) is 2.19. The van der Waals surface area contributed by atoms with Crippen LogP contribution in [0.3, 0.4) is 0 Å². The second-order valence-corrected chi connectivity index (χ2v) is 3.59. The van der Waals surface area contributed by atoms with Gasteiger partial charge in [-0.3, -0.25) is 4.79 Å². The predicted octanol–water partition coefficient (Wildman–Crippen LogP) is 0.0897. The van der Waals surface area contributed by atoms with E-state index in [1.165, 1.54) is 7.11 Å². The molecule has 0 atom stereocenters. The quantitative estimate of drug-likeness (QED) is 0.583. The van der Waals surface area contributed by atoms with Crippen LogP contribution in [0.1, 0.15) is 16.7 Å². The van der Waals surface area contributed by atoms with Crippen molar-refractivity contribution in [3.8, 4) is 23.7 Å². The molecule has 0 aliphatic rings. The molecule has 0 bridgehead atoms. The van der Waals surface area contributed by atoms with Crippen LogP contribution >= 0.6 is 0 Å². The van der Waals surface area contributed by atoms with Crippen LogP contribution in [0.4, 0.5) is 0 Å². The van der Waals surface area contributed by atoms with Crippen LogP contribution in [-0.4, -0.2) is 36.5 Å². The van der Waals surface area contributed by atoms with Gasteiger partial charge in [-0.2, -0.15) is 0 Å². The molecule has 1 aromatic carbocycles. The number of benzene rings is 1. The Kier molecular flexibility index (Phi) is 6.18. The summed E-state index contributed by atoms with van der Waals surface area (Å²) >= 11 is 0. The molecule has 2 N–H and O–H groups in total. The van der Waals surface area contributed by atoms with Gasteiger partial charge in [-0.1, -0.05) is 23.7 Å². The summed E-state index contributed by atoms with van der Waals surface area (Å²) in [5.74, 6) is 10.2. The van der Waals surface area contributed by atoms with Crippen molar-refractivity contribution >= 4 is 5.97 Å². The zero-order chi connectivity index (χ0) is 14.1. The van der Waals surface area contributed by atoms with Crippen LogP contribution in [0.5, 0.6) is 0 Å². The third kappa shape index (κ3) is 5.27. The minimum absolute atomic E-state index is 0.124. The number of aliphatic hydroxyl groups excluding tert-OH is 2. The molecule has 19 heavy (non-hydrogen) atoms. The number of hydrogen-bond donors (Lipinski definition) is 2. The van der Waals surface area contributed by atoms with Crippen molar-refractivity contribution in [1.29, 1.82) is 0 Å². The minimum atomic E-state index is -0.353. The van der Waals surface area contributed by atoms with Crippen LogP contribution in [0.2, 0.25) is 0 Å². The molecule has 0 aliphatic carbocycles. The molecule has 0 fully saturated rings. The Morgan fingerprint density at radius 1 is 1.11 bits per heavy atom. The Morgan fingerprint density at radius 3 is 2.05 bits per heavy atom. The Labute approximate surface area is 112 Å². The highest BCUT2D eigenvalue weighted by Gasteiger charge is 2.05. The van der Waals surface area contributed by atoms with Gasteiger partial charge < -0.3 is 14.9 Å². The summed E-state index contributed by atoms with van der Waals surface area (Å²) in [6, 6.07) is 5.21. The number of methoxy groups -OCH3 is 1. The lowest BCUT2D eigenvalue weighted by Crippen LogP contribution is -2.05. The van der Waals surface area contributed by atoms with E-state index in [4.69, 9.17) is 10.2 Å². The molecule has 0 saturated carbocycles. The second kappa shape index (κ2) is 7.94. The van der Waals surface area contributed by atoms with E-state index in [1.807, 2.05) is 0 Å². The first kappa shape index (κ1) is 14.8. The second-order valence-electron chi connectivity index (χ2n) is 3.59. The highest BCUT2D eigenvalue weighted by molar-refractivity contribution is 5.72. The molecule has 0 unspecified atom stereocenters. The molecule has 0 aliphatic heterocycles. The van der Waals surface area contributed by atoms with E-state index in [9.17, 15) is 4.79 Å². The van der Waals surface area contributed by atoms with Gasteiger partial charge in [0.05, 0.1) is 13.5 Å². The molecule has 1 aromatic rings. The number of ether oxygens (including phenoxy) is 1. The van der Waals surface area contributed by atoms with Gasteiger partial charge in [-0.05, 0) is 23.8 Å². The molecule has 1 rings (SSSR count). The van der Waals surface area contributed by atoms with Crippen molar-refractivity contribution in [3.05, 3.63) is 34.9 Å². The number of carbonyl (C=O) groups excluding carboxylic acids is 1. The maximum absolute atomic E-state index is 11.3. The van der Waals surface area contributed by atoms with Crippen LogP contribution in [-0.2, 0) is 16.0 Å². The minimum Gasteiger partial charge on any atom is -0.469 e. The van der Waals surface area contributed by atoms with E-state index in [1.54, 1.807) is 18.2 Å². The van der Waals surface area contributed by atoms with Crippen LogP contribution in [0, 0.1) is 23.7 Å². The van der Waals surface area contributed by atoms with Crippen LogP contribution in [0.25, 0.3) is 0 Å². The lowest BCUT2D eigenvalue weighted by molar-refractivity contribution is -0.139. The molecule has 0 heterocycles. The first-order chi connectivity index (χ1) is 9.19. The van der Waals surface area contributed by atoms with Gasteiger partial charge in [0.15, 0.2) is 0 Å². The lowest BCUT2D eigenvalue weighted by atomic mass is 10.0. The third-order valence-corrected chi connectivity index (χ3v) is 2.19. The number of aliphatic hydroxyl groups is 2. The molecule has 0 spiro atoms.